The van der Waals surface area contributed by atoms with Crippen LogP contribution in [0.2, 0.25) is 0 Å². The lowest BCUT2D eigenvalue weighted by atomic mass is 9.77. The van der Waals surface area contributed by atoms with E-state index in [1.807, 2.05) is 37.2 Å². The molecule has 0 aliphatic carbocycles. The Bertz CT molecular complexity index is 2180. The van der Waals surface area contributed by atoms with E-state index in [1.54, 1.807) is 56.6 Å². The minimum absolute atomic E-state index is 0.109. The Morgan fingerprint density at radius 2 is 1.30 bits per heavy atom. The van der Waals surface area contributed by atoms with Crippen LogP contribution in [0.15, 0.2) is 82.3 Å². The second-order valence-electron chi connectivity index (χ2n) is 13.7. The number of anilines is 1. The van der Waals surface area contributed by atoms with Gasteiger partial charge in [0.1, 0.15) is 7.05 Å². The molecule has 4 N–H and O–H groups in total. The van der Waals surface area contributed by atoms with Crippen LogP contribution in [0.5, 0.6) is 0 Å². The zero-order valence-corrected chi connectivity index (χ0v) is 34.1. The van der Waals surface area contributed by atoms with Gasteiger partial charge in [0.05, 0.1) is 40.7 Å². The second kappa shape index (κ2) is 16.2. The molecule has 0 saturated carbocycles. The summed E-state index contributed by atoms with van der Waals surface area (Å²) < 4.78 is 106. The van der Waals surface area contributed by atoms with E-state index in [2.05, 4.69) is 0 Å². The third kappa shape index (κ3) is 9.56. The van der Waals surface area contributed by atoms with E-state index in [-0.39, 0.29) is 48.2 Å². The Labute approximate surface area is 312 Å². The minimum atomic E-state index is -4.53. The first kappa shape index (κ1) is 43.0. The first-order chi connectivity index (χ1) is 24.5. The summed E-state index contributed by atoms with van der Waals surface area (Å²) in [5.74, 6) is 0. The Kier molecular flexibility index (Phi) is 13.1. The van der Waals surface area contributed by atoms with Crippen LogP contribution in [0.1, 0.15) is 64.5 Å². The lowest BCUT2D eigenvalue weighted by molar-refractivity contribution is -0.401. The first-order valence-corrected chi connectivity index (χ1v) is 23.5. The van der Waals surface area contributed by atoms with Crippen molar-refractivity contribution in [2.75, 3.05) is 44.5 Å². The second-order valence-corrected chi connectivity index (χ2v) is 20.5. The molecule has 4 unspecified atom stereocenters. The Morgan fingerprint density at radius 1 is 0.792 bits per heavy atom. The van der Waals surface area contributed by atoms with Crippen LogP contribution in [0.3, 0.4) is 0 Å². The van der Waals surface area contributed by atoms with E-state index in [1.165, 1.54) is 24.3 Å². The van der Waals surface area contributed by atoms with E-state index < -0.39 is 46.3 Å². The number of allylic oxidation sites excluding steroid dienone is 6. The number of hydrogen-bond donors (Lipinski definition) is 4. The predicted molar refractivity (Wildman–Crippen MR) is 204 cm³/mol. The maximum absolute atomic E-state index is 12.9. The van der Waals surface area contributed by atoms with Gasteiger partial charge in [0.2, 0.25) is 5.69 Å². The molecule has 0 fully saturated rings. The molecule has 53 heavy (non-hydrogen) atoms. The number of fused-ring (bicyclic) bond motifs is 2. The Morgan fingerprint density at radius 3 is 1.83 bits per heavy atom. The van der Waals surface area contributed by atoms with E-state index in [0.29, 0.717) is 46.8 Å². The predicted octanol–water partition coefficient (Wildman–Crippen LogP) is 6.57. The molecule has 0 saturated heterocycles. The van der Waals surface area contributed by atoms with Crippen molar-refractivity contribution in [3.63, 3.8) is 0 Å². The maximum atomic E-state index is 12.9. The normalized spacial score (nSPS) is 23.6. The van der Waals surface area contributed by atoms with Crippen LogP contribution < -0.4 is 4.90 Å². The van der Waals surface area contributed by atoms with Gasteiger partial charge in [-0.05, 0) is 81.5 Å². The zero-order chi connectivity index (χ0) is 39.6. The number of likely N-dealkylation sites (N-methyl/N-ethyl adjacent to an activating group) is 1. The molecule has 2 aromatic rings. The fourth-order valence-corrected chi connectivity index (χ4v) is 10.6. The van der Waals surface area contributed by atoms with E-state index in [9.17, 15) is 44.9 Å². The van der Waals surface area contributed by atoms with E-state index in [4.69, 9.17) is 9.05 Å². The van der Waals surface area contributed by atoms with Gasteiger partial charge in [0.25, 0.3) is 20.2 Å². The van der Waals surface area contributed by atoms with Gasteiger partial charge in [-0.2, -0.15) is 21.4 Å². The molecular weight excluding hydrogens is 766 g/mol. The maximum Gasteiger partial charge on any atom is 0.328 e. The van der Waals surface area contributed by atoms with Gasteiger partial charge in [0.15, 0.2) is 5.71 Å². The van der Waals surface area contributed by atoms with Gasteiger partial charge < -0.3 is 23.7 Å². The monoisotopic (exact) mass is 815 g/mol. The fourth-order valence-electron chi connectivity index (χ4n) is 6.90. The van der Waals surface area contributed by atoms with Gasteiger partial charge in [-0.25, -0.2) is 0 Å². The molecule has 292 valence electrons. The number of rotatable bonds is 17. The summed E-state index contributed by atoms with van der Waals surface area (Å²) >= 11 is 0. The SMILES string of the molecule is CCCOP(=O)(O)CCC1(C)C(=CC=CC=CC2=[N+](C)c3ccc(S(=O)(=O)O)cc3C2(C)CCP(=O)(O)OCCC)N(C)c2ccc(S(=O)(=O)O)cc21. The average Bonchev–Trinajstić information content (AvgIpc) is 3.42. The third-order valence-corrected chi connectivity index (χ3v) is 14.3. The molecule has 2 aliphatic heterocycles. The lowest BCUT2D eigenvalue weighted by Crippen LogP contribution is -2.32. The van der Waals surface area contributed by atoms with Crippen molar-refractivity contribution in [1.29, 1.82) is 0 Å². The van der Waals surface area contributed by atoms with Gasteiger partial charge >= 0.3 is 15.2 Å². The van der Waals surface area contributed by atoms with Crippen molar-refractivity contribution >= 4 is 52.5 Å². The summed E-state index contributed by atoms with van der Waals surface area (Å²) in [5, 5.41) is 0. The Balaban J connectivity index is 1.72. The largest absolute Gasteiger partial charge is 0.347 e. The summed E-state index contributed by atoms with van der Waals surface area (Å²) in [7, 11) is -13.4. The molecule has 0 aromatic heterocycles. The number of hydrogen-bond acceptors (Lipinski definition) is 9. The molecule has 18 heteroatoms. The van der Waals surface area contributed by atoms with Crippen LogP contribution in [0.25, 0.3) is 0 Å². The van der Waals surface area contributed by atoms with Crippen molar-refractivity contribution in [3.05, 3.63) is 83.6 Å². The summed E-state index contributed by atoms with van der Waals surface area (Å²) in [4.78, 5) is 22.3. The molecule has 2 aliphatic rings. The zero-order valence-electron chi connectivity index (χ0n) is 30.7. The van der Waals surface area contributed by atoms with Crippen LogP contribution >= 0.6 is 15.2 Å². The highest BCUT2D eigenvalue weighted by molar-refractivity contribution is 7.86. The van der Waals surface area contributed by atoms with Crippen molar-refractivity contribution in [1.82, 2.24) is 0 Å². The number of benzene rings is 2. The van der Waals surface area contributed by atoms with E-state index in [0.717, 1.165) is 0 Å². The summed E-state index contributed by atoms with van der Waals surface area (Å²) in [6.45, 7) is 7.52. The fraction of sp³-hybridized carbons (Fsp3) is 0.457. The average molecular weight is 816 g/mol. The third-order valence-electron chi connectivity index (χ3n) is 9.81. The molecule has 0 bridgehead atoms. The van der Waals surface area contributed by atoms with Crippen LogP contribution in [-0.4, -0.2) is 85.6 Å². The molecule has 0 amide bonds. The van der Waals surface area contributed by atoms with Crippen LogP contribution in [0, 0.1) is 0 Å². The van der Waals surface area contributed by atoms with Gasteiger partial charge in [-0.1, -0.05) is 32.1 Å². The molecule has 4 atom stereocenters. The summed E-state index contributed by atoms with van der Waals surface area (Å²) in [5.41, 5.74) is 1.85. The smallest absolute Gasteiger partial charge is 0.328 e. The Hall–Kier alpha value is -2.75. The first-order valence-electron chi connectivity index (χ1n) is 17.1. The molecule has 14 nitrogen and oxygen atoms in total. The lowest BCUT2D eigenvalue weighted by Gasteiger charge is -2.29. The molecule has 0 radical (unpaired) electrons. The molecule has 2 aromatic carbocycles. The van der Waals surface area contributed by atoms with E-state index >= 15 is 0 Å². The van der Waals surface area contributed by atoms with Crippen molar-refractivity contribution < 1.29 is 58.5 Å². The van der Waals surface area contributed by atoms with Crippen molar-refractivity contribution in [3.8, 4) is 0 Å². The topological polar surface area (TPSA) is 208 Å². The summed E-state index contributed by atoms with van der Waals surface area (Å²) in [6.07, 6.45) is 9.77. The van der Waals surface area contributed by atoms with Crippen molar-refractivity contribution in [2.24, 2.45) is 0 Å². The number of nitrogens with zero attached hydrogens (tertiary/aromatic N) is 2. The highest BCUT2D eigenvalue weighted by atomic mass is 32.2. The van der Waals surface area contributed by atoms with Gasteiger partial charge in [0, 0.05) is 41.6 Å². The highest BCUT2D eigenvalue weighted by Gasteiger charge is 2.48. The van der Waals surface area contributed by atoms with Crippen LogP contribution in [-0.2, 0) is 49.2 Å². The van der Waals surface area contributed by atoms with Crippen molar-refractivity contribution in [2.45, 2.75) is 74.0 Å². The van der Waals surface area contributed by atoms with Crippen LogP contribution in [0.4, 0.5) is 11.4 Å². The summed E-state index contributed by atoms with van der Waals surface area (Å²) in [6, 6.07) is 8.48. The molecule has 0 spiro atoms. The van der Waals surface area contributed by atoms with Gasteiger partial charge in [-0.3, -0.25) is 18.2 Å². The molecule has 2 heterocycles. The molecular formula is C35H49N2O12P2S2+. The standard InChI is InChI=1S/C35H48N2O12P2S2/c1-7-20-48-50(38,39)22-18-34(3)28-24-26(52(42,43)44)14-16-30(28)36(5)32(34)12-10-9-11-13-33-35(4,19-23-51(40,41)49-21-8-2)29-25-27(53(45,46)47)15-17-31(29)37(33)6/h9-17,24-25H,7-8,18-23H2,1-6H3,(H3-,38,39,40,41,42,43,44,45,46,47)/p+1. The molecule has 4 rings (SSSR count). The van der Waals surface area contributed by atoms with Gasteiger partial charge in [-0.15, -0.1) is 0 Å². The quantitative estimate of drug-likeness (QED) is 0.0577. The minimum Gasteiger partial charge on any atom is -0.347 e. The highest BCUT2D eigenvalue weighted by Crippen LogP contribution is 2.54.